The van der Waals surface area contributed by atoms with Gasteiger partial charge in [-0.05, 0) is 6.54 Å². The maximum Gasteiger partial charge on any atom is 0.326 e. The van der Waals surface area contributed by atoms with Gasteiger partial charge in [-0.15, -0.1) is 0 Å². The van der Waals surface area contributed by atoms with Gasteiger partial charge < -0.3 is 20.8 Å². The SMILES string of the molecule is CCNCCC(=O)N[C@@H](CCO)C(=O)O. The minimum atomic E-state index is -1.12. The number of carbonyl (C=O) groups is 2. The first-order valence-corrected chi connectivity index (χ1v) is 4.95. The van der Waals surface area contributed by atoms with Crippen LogP contribution in [0, 0.1) is 0 Å². The van der Waals surface area contributed by atoms with E-state index in [1.54, 1.807) is 0 Å². The molecule has 0 aromatic carbocycles. The van der Waals surface area contributed by atoms with Gasteiger partial charge in [0.2, 0.25) is 5.91 Å². The Labute approximate surface area is 88.7 Å². The zero-order chi connectivity index (χ0) is 11.7. The van der Waals surface area contributed by atoms with Crippen LogP contribution in [-0.2, 0) is 9.59 Å². The van der Waals surface area contributed by atoms with Crippen LogP contribution < -0.4 is 10.6 Å². The molecule has 0 spiro atoms. The molecule has 0 rings (SSSR count). The quantitative estimate of drug-likeness (QED) is 0.389. The molecule has 0 heterocycles. The fourth-order valence-electron chi connectivity index (χ4n) is 1.03. The van der Waals surface area contributed by atoms with Gasteiger partial charge in [0, 0.05) is 26.0 Å². The Bertz CT molecular complexity index is 208. The van der Waals surface area contributed by atoms with Gasteiger partial charge in [-0.1, -0.05) is 6.92 Å². The molecule has 0 saturated heterocycles. The summed E-state index contributed by atoms with van der Waals surface area (Å²) >= 11 is 0. The first kappa shape index (κ1) is 13.9. The molecule has 15 heavy (non-hydrogen) atoms. The summed E-state index contributed by atoms with van der Waals surface area (Å²) in [4.78, 5) is 21.8. The molecule has 0 aromatic heterocycles. The molecule has 0 unspecified atom stereocenters. The molecule has 1 amide bonds. The monoisotopic (exact) mass is 218 g/mol. The molecule has 4 N–H and O–H groups in total. The highest BCUT2D eigenvalue weighted by Gasteiger charge is 2.18. The molecule has 0 aliphatic heterocycles. The van der Waals surface area contributed by atoms with Crippen molar-refractivity contribution in [2.45, 2.75) is 25.8 Å². The number of aliphatic carboxylic acids is 1. The second kappa shape index (κ2) is 8.19. The molecule has 0 aromatic rings. The third-order valence-electron chi connectivity index (χ3n) is 1.83. The Morgan fingerprint density at radius 1 is 1.40 bits per heavy atom. The average Bonchev–Trinajstić information content (AvgIpc) is 2.17. The van der Waals surface area contributed by atoms with E-state index in [9.17, 15) is 9.59 Å². The predicted molar refractivity (Wildman–Crippen MR) is 54.4 cm³/mol. The lowest BCUT2D eigenvalue weighted by Gasteiger charge is -2.12. The van der Waals surface area contributed by atoms with Crippen LogP contribution in [0.5, 0.6) is 0 Å². The van der Waals surface area contributed by atoms with Crippen molar-refractivity contribution in [2.24, 2.45) is 0 Å². The topological polar surface area (TPSA) is 98.7 Å². The maximum atomic E-state index is 11.2. The summed E-state index contributed by atoms with van der Waals surface area (Å²) < 4.78 is 0. The summed E-state index contributed by atoms with van der Waals surface area (Å²) in [6.45, 7) is 2.95. The van der Waals surface area contributed by atoms with Crippen LogP contribution in [0.25, 0.3) is 0 Å². The second-order valence-electron chi connectivity index (χ2n) is 3.07. The lowest BCUT2D eigenvalue weighted by atomic mass is 10.2. The summed E-state index contributed by atoms with van der Waals surface area (Å²) in [5, 5.41) is 22.6. The zero-order valence-electron chi connectivity index (χ0n) is 8.82. The second-order valence-corrected chi connectivity index (χ2v) is 3.07. The van der Waals surface area contributed by atoms with E-state index in [0.29, 0.717) is 6.54 Å². The van der Waals surface area contributed by atoms with E-state index in [2.05, 4.69) is 10.6 Å². The van der Waals surface area contributed by atoms with E-state index in [4.69, 9.17) is 10.2 Å². The largest absolute Gasteiger partial charge is 0.480 e. The normalized spacial score (nSPS) is 12.1. The van der Waals surface area contributed by atoms with Crippen molar-refractivity contribution in [3.05, 3.63) is 0 Å². The number of hydrogen-bond donors (Lipinski definition) is 4. The summed E-state index contributed by atoms with van der Waals surface area (Å²) in [5.41, 5.74) is 0. The van der Waals surface area contributed by atoms with Gasteiger partial charge in [0.15, 0.2) is 0 Å². The molecule has 0 fully saturated rings. The van der Waals surface area contributed by atoms with Gasteiger partial charge in [-0.3, -0.25) is 4.79 Å². The van der Waals surface area contributed by atoms with Gasteiger partial charge in [-0.25, -0.2) is 4.79 Å². The molecule has 6 nitrogen and oxygen atoms in total. The fourth-order valence-corrected chi connectivity index (χ4v) is 1.03. The Hall–Kier alpha value is -1.14. The number of hydrogen-bond acceptors (Lipinski definition) is 4. The van der Waals surface area contributed by atoms with Gasteiger partial charge in [0.05, 0.1) is 0 Å². The highest BCUT2D eigenvalue weighted by Crippen LogP contribution is 1.92. The van der Waals surface area contributed by atoms with E-state index in [-0.39, 0.29) is 25.4 Å². The standard InChI is InChI=1S/C9H18N2O4/c1-2-10-5-3-8(13)11-7(4-6-12)9(14)15/h7,10,12H,2-6H2,1H3,(H,11,13)(H,14,15)/t7-/m0/s1. The fraction of sp³-hybridized carbons (Fsp3) is 0.778. The van der Waals surface area contributed by atoms with Crippen molar-refractivity contribution in [2.75, 3.05) is 19.7 Å². The smallest absolute Gasteiger partial charge is 0.326 e. The molecule has 88 valence electrons. The third-order valence-corrected chi connectivity index (χ3v) is 1.83. The number of aliphatic hydroxyl groups excluding tert-OH is 1. The Balaban J connectivity index is 3.84. The van der Waals surface area contributed by atoms with Crippen LogP contribution in [0.2, 0.25) is 0 Å². The molecule has 0 bridgehead atoms. The van der Waals surface area contributed by atoms with E-state index >= 15 is 0 Å². The molecule has 6 heteroatoms. The zero-order valence-corrected chi connectivity index (χ0v) is 8.82. The molecular formula is C9H18N2O4. The number of carbonyl (C=O) groups excluding carboxylic acids is 1. The Kier molecular flexibility index (Phi) is 7.57. The maximum absolute atomic E-state index is 11.2. The number of nitrogens with one attached hydrogen (secondary N) is 2. The van der Waals surface area contributed by atoms with E-state index in [1.807, 2.05) is 6.92 Å². The van der Waals surface area contributed by atoms with Crippen LogP contribution in [0.1, 0.15) is 19.8 Å². The molecule has 0 aliphatic rings. The highest BCUT2D eigenvalue weighted by atomic mass is 16.4. The average molecular weight is 218 g/mol. The summed E-state index contributed by atoms with van der Waals surface area (Å²) in [6.07, 6.45) is 0.269. The Morgan fingerprint density at radius 2 is 2.07 bits per heavy atom. The highest BCUT2D eigenvalue weighted by molar-refractivity contribution is 5.83. The van der Waals surface area contributed by atoms with Crippen LogP contribution >= 0.6 is 0 Å². The third kappa shape index (κ3) is 6.87. The first-order chi connectivity index (χ1) is 7.11. The Morgan fingerprint density at radius 3 is 2.53 bits per heavy atom. The minimum Gasteiger partial charge on any atom is -0.480 e. The summed E-state index contributed by atoms with van der Waals surface area (Å²) in [5.74, 6) is -1.45. The van der Waals surface area contributed by atoms with Crippen LogP contribution in [-0.4, -0.2) is 47.8 Å². The first-order valence-electron chi connectivity index (χ1n) is 4.95. The van der Waals surface area contributed by atoms with Gasteiger partial charge in [0.1, 0.15) is 6.04 Å². The number of amides is 1. The summed E-state index contributed by atoms with van der Waals surface area (Å²) in [6, 6.07) is -0.996. The predicted octanol–water partition coefficient (Wildman–Crippen LogP) is -1.06. The van der Waals surface area contributed by atoms with Crippen LogP contribution in [0.3, 0.4) is 0 Å². The van der Waals surface area contributed by atoms with Gasteiger partial charge >= 0.3 is 5.97 Å². The van der Waals surface area contributed by atoms with Gasteiger partial charge in [-0.2, -0.15) is 0 Å². The van der Waals surface area contributed by atoms with E-state index in [1.165, 1.54) is 0 Å². The van der Waals surface area contributed by atoms with Crippen molar-refractivity contribution in [3.8, 4) is 0 Å². The van der Waals surface area contributed by atoms with Crippen molar-refractivity contribution < 1.29 is 19.8 Å². The van der Waals surface area contributed by atoms with Crippen LogP contribution in [0.4, 0.5) is 0 Å². The molecular weight excluding hydrogens is 200 g/mol. The lowest BCUT2D eigenvalue weighted by Crippen LogP contribution is -2.42. The van der Waals surface area contributed by atoms with Crippen molar-refractivity contribution in [1.82, 2.24) is 10.6 Å². The number of aliphatic hydroxyl groups is 1. The molecule has 0 radical (unpaired) electrons. The van der Waals surface area contributed by atoms with Crippen LogP contribution in [0.15, 0.2) is 0 Å². The van der Waals surface area contributed by atoms with Crippen molar-refractivity contribution in [3.63, 3.8) is 0 Å². The van der Waals surface area contributed by atoms with E-state index in [0.717, 1.165) is 6.54 Å². The minimum absolute atomic E-state index is 0.0300. The number of carboxylic acids is 1. The number of carboxylic acid groups (broad SMARTS) is 1. The van der Waals surface area contributed by atoms with Gasteiger partial charge in [0.25, 0.3) is 0 Å². The summed E-state index contributed by atoms with van der Waals surface area (Å²) in [7, 11) is 0. The number of rotatable bonds is 8. The molecule has 1 atom stereocenters. The van der Waals surface area contributed by atoms with Crippen molar-refractivity contribution >= 4 is 11.9 Å². The molecule has 0 aliphatic carbocycles. The lowest BCUT2D eigenvalue weighted by molar-refractivity contribution is -0.142. The van der Waals surface area contributed by atoms with Crippen molar-refractivity contribution in [1.29, 1.82) is 0 Å². The molecule has 0 saturated carbocycles. The van der Waals surface area contributed by atoms with E-state index < -0.39 is 12.0 Å².